The third-order valence-corrected chi connectivity index (χ3v) is 6.47. The first-order valence-electron chi connectivity index (χ1n) is 10.9. The zero-order valence-corrected chi connectivity index (χ0v) is 20.0. The maximum atomic E-state index is 11.9. The van der Waals surface area contributed by atoms with Gasteiger partial charge in [-0.1, -0.05) is 12.1 Å². The average molecular weight is 479 g/mol. The highest BCUT2D eigenvalue weighted by molar-refractivity contribution is 7.80. The lowest BCUT2D eigenvalue weighted by molar-refractivity contribution is -0.140. The molecular formula is C25H26N4O4S. The van der Waals surface area contributed by atoms with Crippen LogP contribution < -0.4 is 5.32 Å². The summed E-state index contributed by atoms with van der Waals surface area (Å²) in [6.45, 7) is 4.38. The number of esters is 1. The number of ether oxygens (including phenoxy) is 1. The topological polar surface area (TPSA) is 96.7 Å². The fourth-order valence-corrected chi connectivity index (χ4v) is 4.89. The molecule has 0 aliphatic carbocycles. The largest absolute Gasteiger partial charge is 0.478 e. The Balaban J connectivity index is 1.80. The number of benzene rings is 1. The number of carbonyl (C=O) groups is 2. The summed E-state index contributed by atoms with van der Waals surface area (Å²) < 4.78 is 6.88. The number of carboxylic acid groups (broad SMARTS) is 1. The van der Waals surface area contributed by atoms with Crippen molar-refractivity contribution in [1.29, 1.82) is 0 Å². The van der Waals surface area contributed by atoms with Gasteiger partial charge in [0, 0.05) is 29.8 Å². The second-order valence-electron chi connectivity index (χ2n) is 8.16. The summed E-state index contributed by atoms with van der Waals surface area (Å²) in [4.78, 5) is 30.0. The highest BCUT2D eigenvalue weighted by Gasteiger charge is 2.41. The predicted molar refractivity (Wildman–Crippen MR) is 131 cm³/mol. The molecule has 2 atom stereocenters. The highest BCUT2D eigenvalue weighted by Crippen LogP contribution is 2.41. The van der Waals surface area contributed by atoms with Gasteiger partial charge in [-0.05, 0) is 68.0 Å². The molecule has 0 radical (unpaired) electrons. The van der Waals surface area contributed by atoms with Gasteiger partial charge in [-0.25, -0.2) is 4.79 Å². The van der Waals surface area contributed by atoms with Crippen LogP contribution >= 0.6 is 12.2 Å². The van der Waals surface area contributed by atoms with E-state index < -0.39 is 5.97 Å². The normalized spacial score (nSPS) is 17.5. The Morgan fingerprint density at radius 3 is 2.65 bits per heavy atom. The third kappa shape index (κ3) is 4.38. The Morgan fingerprint density at radius 1 is 1.18 bits per heavy atom. The van der Waals surface area contributed by atoms with Crippen molar-refractivity contribution in [3.63, 3.8) is 0 Å². The number of rotatable bonds is 7. The molecule has 0 bridgehead atoms. The number of nitrogens with one attached hydrogen (secondary N) is 1. The maximum Gasteiger partial charge on any atom is 0.335 e. The summed E-state index contributed by atoms with van der Waals surface area (Å²) >= 11 is 5.67. The van der Waals surface area contributed by atoms with E-state index in [2.05, 4.69) is 16.4 Å². The third-order valence-electron chi connectivity index (χ3n) is 6.12. The number of pyridine rings is 1. The zero-order valence-electron chi connectivity index (χ0n) is 19.2. The van der Waals surface area contributed by atoms with Crippen molar-refractivity contribution in [3.8, 4) is 5.69 Å². The summed E-state index contributed by atoms with van der Waals surface area (Å²) in [5.41, 5.74) is 4.77. The number of hydrogen-bond donors (Lipinski definition) is 2. The average Bonchev–Trinajstić information content (AvgIpc) is 3.32. The molecule has 1 aliphatic rings. The van der Waals surface area contributed by atoms with Crippen LogP contribution in [0.2, 0.25) is 0 Å². The monoisotopic (exact) mass is 478 g/mol. The number of nitrogens with zero attached hydrogens (tertiary/aromatic N) is 3. The molecule has 3 heterocycles. The van der Waals surface area contributed by atoms with Gasteiger partial charge in [-0.15, -0.1) is 0 Å². The molecule has 0 spiro atoms. The van der Waals surface area contributed by atoms with Gasteiger partial charge in [0.15, 0.2) is 5.11 Å². The quantitative estimate of drug-likeness (QED) is 0.392. The number of methoxy groups -OCH3 is 1. The van der Waals surface area contributed by atoms with E-state index >= 15 is 0 Å². The van der Waals surface area contributed by atoms with Gasteiger partial charge in [-0.3, -0.25) is 9.78 Å². The van der Waals surface area contributed by atoms with E-state index in [1.54, 1.807) is 24.4 Å². The molecule has 1 fully saturated rings. The summed E-state index contributed by atoms with van der Waals surface area (Å²) in [6.07, 6.45) is 1.94. The molecule has 4 rings (SSSR count). The van der Waals surface area contributed by atoms with E-state index in [-0.39, 0.29) is 30.0 Å². The molecule has 8 nitrogen and oxygen atoms in total. The van der Waals surface area contributed by atoms with Crippen molar-refractivity contribution < 1.29 is 19.4 Å². The van der Waals surface area contributed by atoms with Crippen molar-refractivity contribution in [2.45, 2.75) is 32.4 Å². The molecule has 1 aliphatic heterocycles. The molecule has 34 heavy (non-hydrogen) atoms. The molecule has 0 unspecified atom stereocenters. The number of thiocarbonyl (C=S) groups is 1. The van der Waals surface area contributed by atoms with Crippen LogP contribution in [0.1, 0.15) is 51.5 Å². The number of aromatic nitrogens is 2. The van der Waals surface area contributed by atoms with E-state index in [0.29, 0.717) is 11.7 Å². The Bertz CT molecular complexity index is 1240. The lowest BCUT2D eigenvalue weighted by atomic mass is 9.96. The van der Waals surface area contributed by atoms with Gasteiger partial charge in [-0.2, -0.15) is 0 Å². The van der Waals surface area contributed by atoms with Crippen LogP contribution in [-0.2, 0) is 9.53 Å². The van der Waals surface area contributed by atoms with Gasteiger partial charge in [0.1, 0.15) is 0 Å². The van der Waals surface area contributed by atoms with Gasteiger partial charge < -0.3 is 24.6 Å². The fourth-order valence-electron chi connectivity index (χ4n) is 4.56. The molecule has 2 aromatic heterocycles. The highest BCUT2D eigenvalue weighted by atomic mass is 32.1. The van der Waals surface area contributed by atoms with E-state index in [0.717, 1.165) is 28.3 Å². The first kappa shape index (κ1) is 23.4. The predicted octanol–water partition coefficient (Wildman–Crippen LogP) is 3.72. The minimum atomic E-state index is -0.973. The van der Waals surface area contributed by atoms with E-state index in [1.165, 1.54) is 7.11 Å². The smallest absolute Gasteiger partial charge is 0.335 e. The summed E-state index contributed by atoms with van der Waals surface area (Å²) in [7, 11) is 1.37. The standard InChI is InChI=1S/C25H26N4O4S/c1-15-13-19(16(2)29(15)18-8-6-7-17(14-18)24(31)32)23-22(20-9-4-5-11-26-20)27-25(34)28(23)12-10-21(30)33-3/h4-9,11,13-14,22-23H,10,12H2,1-3H3,(H,27,34)(H,31,32)/t22-,23+/m1/s1. The maximum absolute atomic E-state index is 11.9. The molecule has 9 heteroatoms. The van der Waals surface area contributed by atoms with E-state index in [9.17, 15) is 14.7 Å². The van der Waals surface area contributed by atoms with Gasteiger partial charge in [0.05, 0.1) is 36.9 Å². The van der Waals surface area contributed by atoms with Gasteiger partial charge >= 0.3 is 11.9 Å². The summed E-state index contributed by atoms with van der Waals surface area (Å²) in [6, 6.07) is 14.3. The second kappa shape index (κ2) is 9.64. The molecule has 3 aromatic rings. The number of aryl methyl sites for hydroxylation is 1. The van der Waals surface area contributed by atoms with Gasteiger partial charge in [0.25, 0.3) is 0 Å². The molecular weight excluding hydrogens is 452 g/mol. The van der Waals surface area contributed by atoms with Crippen LogP contribution in [0.3, 0.4) is 0 Å². The molecule has 0 saturated carbocycles. The van der Waals surface area contributed by atoms with Crippen LogP contribution in [0.4, 0.5) is 0 Å². The molecule has 2 N–H and O–H groups in total. The van der Waals surface area contributed by atoms with Crippen LogP contribution in [0.15, 0.2) is 54.7 Å². The van der Waals surface area contributed by atoms with Crippen LogP contribution in [0.5, 0.6) is 0 Å². The zero-order chi connectivity index (χ0) is 24.4. The lowest BCUT2D eigenvalue weighted by Gasteiger charge is -2.28. The van der Waals surface area contributed by atoms with Gasteiger partial charge in [0.2, 0.25) is 0 Å². The molecule has 1 aromatic carbocycles. The summed E-state index contributed by atoms with van der Waals surface area (Å²) in [5.74, 6) is -1.28. The number of aromatic carboxylic acids is 1. The van der Waals surface area contributed by atoms with Crippen molar-refractivity contribution in [2.24, 2.45) is 0 Å². The SMILES string of the molecule is COC(=O)CCN1C(=S)N[C@H](c2ccccn2)[C@@H]1c1cc(C)n(-c2cccc(C(=O)O)c2)c1C. The van der Waals surface area contributed by atoms with Crippen LogP contribution in [0, 0.1) is 13.8 Å². The van der Waals surface area contributed by atoms with E-state index in [1.807, 2.05) is 47.6 Å². The van der Waals surface area contributed by atoms with Crippen LogP contribution in [-0.4, -0.2) is 50.3 Å². The minimum Gasteiger partial charge on any atom is -0.478 e. The molecule has 176 valence electrons. The number of hydrogen-bond acceptors (Lipinski definition) is 5. The molecule has 0 amide bonds. The number of carbonyl (C=O) groups excluding carboxylic acids is 1. The van der Waals surface area contributed by atoms with Crippen molar-refractivity contribution in [2.75, 3.05) is 13.7 Å². The Labute approximate surface area is 203 Å². The first-order valence-corrected chi connectivity index (χ1v) is 11.3. The lowest BCUT2D eigenvalue weighted by Crippen LogP contribution is -2.32. The second-order valence-corrected chi connectivity index (χ2v) is 8.55. The Morgan fingerprint density at radius 2 is 1.97 bits per heavy atom. The van der Waals surface area contributed by atoms with Crippen molar-refractivity contribution >= 4 is 29.3 Å². The van der Waals surface area contributed by atoms with Crippen molar-refractivity contribution in [3.05, 3.63) is 82.9 Å². The van der Waals surface area contributed by atoms with Crippen molar-refractivity contribution in [1.82, 2.24) is 19.8 Å². The molecule has 1 saturated heterocycles. The Kier molecular flexibility index (Phi) is 6.65. The first-order chi connectivity index (χ1) is 16.3. The van der Waals surface area contributed by atoms with E-state index in [4.69, 9.17) is 17.0 Å². The Hall–Kier alpha value is -3.72. The summed E-state index contributed by atoms with van der Waals surface area (Å²) in [5, 5.41) is 13.4. The number of carboxylic acids is 1. The minimum absolute atomic E-state index is 0.198. The fraction of sp³-hybridized carbons (Fsp3) is 0.280. The van der Waals surface area contributed by atoms with Crippen LogP contribution in [0.25, 0.3) is 5.69 Å².